The molecule has 1 atom stereocenters. The zero-order valence-electron chi connectivity index (χ0n) is 20.4. The molecule has 0 saturated carbocycles. The van der Waals surface area contributed by atoms with Crippen LogP contribution in [0.1, 0.15) is 56.4 Å². The fourth-order valence-electron chi connectivity index (χ4n) is 4.27. The first-order valence-electron chi connectivity index (χ1n) is 11.4. The molecule has 1 saturated heterocycles. The van der Waals surface area contributed by atoms with Crippen LogP contribution in [-0.4, -0.2) is 23.4 Å². The number of rotatable bonds is 5. The second-order valence-electron chi connectivity index (χ2n) is 9.49. The van der Waals surface area contributed by atoms with E-state index in [1.807, 2.05) is 33.8 Å². The molecule has 35 heavy (non-hydrogen) atoms. The number of furan rings is 1. The summed E-state index contributed by atoms with van der Waals surface area (Å²) < 4.78 is 12.5. The molecule has 1 amide bonds. The summed E-state index contributed by atoms with van der Waals surface area (Å²) in [6.07, 6.45) is 0. The summed E-state index contributed by atoms with van der Waals surface area (Å²) in [6, 6.07) is 15.0. The van der Waals surface area contributed by atoms with Crippen LogP contribution in [0.25, 0.3) is 5.76 Å². The number of benzene rings is 2. The van der Waals surface area contributed by atoms with Gasteiger partial charge in [-0.25, -0.2) is 0 Å². The van der Waals surface area contributed by atoms with Gasteiger partial charge in [0, 0.05) is 21.3 Å². The first-order chi connectivity index (χ1) is 16.5. The summed E-state index contributed by atoms with van der Waals surface area (Å²) in [5.74, 6) is -0.00293. The lowest BCUT2D eigenvalue weighted by Crippen LogP contribution is -2.29. The van der Waals surface area contributed by atoms with Gasteiger partial charge in [-0.3, -0.25) is 14.5 Å². The van der Waals surface area contributed by atoms with E-state index >= 15 is 0 Å². The highest BCUT2D eigenvalue weighted by molar-refractivity contribution is 9.10. The summed E-state index contributed by atoms with van der Waals surface area (Å²) in [4.78, 5) is 28.0. The van der Waals surface area contributed by atoms with Gasteiger partial charge in [0.1, 0.15) is 29.1 Å². The van der Waals surface area contributed by atoms with Crippen LogP contribution < -0.4 is 9.64 Å². The average Bonchev–Trinajstić information content (AvgIpc) is 3.34. The van der Waals surface area contributed by atoms with Crippen LogP contribution >= 0.6 is 15.9 Å². The highest BCUT2D eigenvalue weighted by Crippen LogP contribution is 2.43. The number of anilines is 1. The minimum atomic E-state index is -0.908. The fourth-order valence-corrected chi connectivity index (χ4v) is 4.53. The Hall–Kier alpha value is -3.32. The number of nitrogens with zero attached hydrogens (tertiary/aromatic N) is 1. The van der Waals surface area contributed by atoms with Crippen molar-refractivity contribution in [1.82, 2.24) is 0 Å². The van der Waals surface area contributed by atoms with Crippen molar-refractivity contribution in [3.05, 3.63) is 87.3 Å². The lowest BCUT2D eigenvalue weighted by atomic mass is 9.84. The average molecular weight is 538 g/mol. The van der Waals surface area contributed by atoms with Crippen molar-refractivity contribution in [3.8, 4) is 5.75 Å². The predicted molar refractivity (Wildman–Crippen MR) is 139 cm³/mol. The maximum absolute atomic E-state index is 13.3. The van der Waals surface area contributed by atoms with Gasteiger partial charge in [0.15, 0.2) is 0 Å². The third kappa shape index (κ3) is 4.65. The molecule has 1 aliphatic rings. The van der Waals surface area contributed by atoms with Crippen LogP contribution in [0.15, 0.2) is 69.1 Å². The van der Waals surface area contributed by atoms with Crippen LogP contribution in [0.2, 0.25) is 0 Å². The van der Waals surface area contributed by atoms with E-state index in [0.717, 1.165) is 10.0 Å². The minimum absolute atomic E-state index is 0.0173. The highest BCUT2D eigenvalue weighted by Gasteiger charge is 2.48. The first kappa shape index (κ1) is 24.8. The van der Waals surface area contributed by atoms with E-state index in [4.69, 9.17) is 9.15 Å². The molecule has 1 aromatic heterocycles. The van der Waals surface area contributed by atoms with E-state index in [1.54, 1.807) is 55.5 Å². The van der Waals surface area contributed by atoms with Crippen molar-refractivity contribution < 1.29 is 23.8 Å². The Morgan fingerprint density at radius 3 is 2.34 bits per heavy atom. The molecule has 6 nitrogen and oxygen atoms in total. The van der Waals surface area contributed by atoms with Crippen molar-refractivity contribution in [2.45, 2.75) is 46.1 Å². The summed E-state index contributed by atoms with van der Waals surface area (Å²) >= 11 is 3.40. The molecule has 0 bridgehead atoms. The molecule has 0 aliphatic carbocycles. The zero-order chi connectivity index (χ0) is 25.5. The van der Waals surface area contributed by atoms with Gasteiger partial charge >= 0.3 is 0 Å². The molecule has 1 unspecified atom stereocenters. The molecule has 0 radical (unpaired) electrons. The summed E-state index contributed by atoms with van der Waals surface area (Å²) in [5.41, 5.74) is 1.55. The quantitative estimate of drug-likeness (QED) is 0.223. The van der Waals surface area contributed by atoms with Gasteiger partial charge in [0.25, 0.3) is 11.7 Å². The third-order valence-electron chi connectivity index (χ3n) is 5.94. The number of aliphatic hydroxyl groups is 1. The number of aliphatic hydroxyl groups excluding tert-OH is 1. The maximum atomic E-state index is 13.3. The van der Waals surface area contributed by atoms with Gasteiger partial charge < -0.3 is 14.3 Å². The molecule has 3 aromatic rings. The number of carbonyl (C=O) groups excluding carboxylic acids is 2. The van der Waals surface area contributed by atoms with Crippen molar-refractivity contribution in [2.75, 3.05) is 11.5 Å². The van der Waals surface area contributed by atoms with E-state index in [9.17, 15) is 14.7 Å². The Morgan fingerprint density at radius 2 is 1.77 bits per heavy atom. The number of ketones is 1. The van der Waals surface area contributed by atoms with Crippen molar-refractivity contribution in [1.29, 1.82) is 0 Å². The van der Waals surface area contributed by atoms with E-state index in [-0.39, 0.29) is 16.7 Å². The molecule has 2 heterocycles. The predicted octanol–water partition coefficient (Wildman–Crippen LogP) is 6.67. The van der Waals surface area contributed by atoms with Gasteiger partial charge in [-0.15, -0.1) is 0 Å². The monoisotopic (exact) mass is 537 g/mol. The molecule has 1 aliphatic heterocycles. The second-order valence-corrected chi connectivity index (χ2v) is 10.4. The Balaban J connectivity index is 1.92. The number of carbonyl (C=O) groups is 2. The Bertz CT molecular complexity index is 1310. The normalized spacial score (nSPS) is 17.8. The maximum Gasteiger partial charge on any atom is 0.300 e. The lowest BCUT2D eigenvalue weighted by molar-refractivity contribution is -0.132. The van der Waals surface area contributed by atoms with E-state index in [0.29, 0.717) is 35.1 Å². The molecule has 1 fully saturated rings. The molecule has 0 spiro atoms. The van der Waals surface area contributed by atoms with Gasteiger partial charge in [0.2, 0.25) is 0 Å². The minimum Gasteiger partial charge on any atom is -0.507 e. The second kappa shape index (κ2) is 9.38. The highest BCUT2D eigenvalue weighted by atomic mass is 79.9. The number of halogens is 1. The zero-order valence-corrected chi connectivity index (χ0v) is 22.0. The Kier molecular flexibility index (Phi) is 6.64. The van der Waals surface area contributed by atoms with E-state index in [2.05, 4.69) is 15.9 Å². The van der Waals surface area contributed by atoms with Crippen LogP contribution in [0, 0.1) is 6.92 Å². The van der Waals surface area contributed by atoms with Gasteiger partial charge in [-0.05, 0) is 73.9 Å². The smallest absolute Gasteiger partial charge is 0.300 e. The van der Waals surface area contributed by atoms with Crippen LogP contribution in [0.4, 0.5) is 5.69 Å². The number of aryl methyl sites for hydroxylation is 1. The largest absolute Gasteiger partial charge is 0.507 e. The molecule has 4 rings (SSSR count). The third-order valence-corrected chi connectivity index (χ3v) is 6.47. The van der Waals surface area contributed by atoms with Crippen LogP contribution in [0.3, 0.4) is 0 Å². The number of Topliss-reactive ketones (excluding diaryl/α,β-unsaturated/α-hetero) is 1. The van der Waals surface area contributed by atoms with Gasteiger partial charge in [-0.2, -0.15) is 0 Å². The van der Waals surface area contributed by atoms with Crippen molar-refractivity contribution in [2.24, 2.45) is 0 Å². The summed E-state index contributed by atoms with van der Waals surface area (Å²) in [6.45, 7) is 10.4. The number of hydrogen-bond donors (Lipinski definition) is 1. The van der Waals surface area contributed by atoms with Crippen molar-refractivity contribution in [3.63, 3.8) is 0 Å². The summed E-state index contributed by atoms with van der Waals surface area (Å²) in [5, 5.41) is 11.5. The van der Waals surface area contributed by atoms with Crippen LogP contribution in [0.5, 0.6) is 5.75 Å². The Labute approximate surface area is 213 Å². The van der Waals surface area contributed by atoms with Gasteiger partial charge in [0.05, 0.1) is 12.2 Å². The summed E-state index contributed by atoms with van der Waals surface area (Å²) in [7, 11) is 0. The van der Waals surface area contributed by atoms with Gasteiger partial charge in [-0.1, -0.05) is 36.7 Å². The Morgan fingerprint density at radius 1 is 1.09 bits per heavy atom. The molecule has 182 valence electrons. The number of hydrogen-bond acceptors (Lipinski definition) is 5. The molecular weight excluding hydrogens is 510 g/mol. The SMILES string of the molecule is CCOc1ccc(/C(O)=C2/C(=O)C(=O)N(c3ccc(Br)cc3)C2c2ccc(C)o2)cc1C(C)(C)C. The van der Waals surface area contributed by atoms with Crippen LogP contribution in [-0.2, 0) is 15.0 Å². The molecule has 2 aromatic carbocycles. The number of ether oxygens (including phenoxy) is 1. The standard InChI is InChI=1S/C28H28BrNO5/c1-6-34-21-14-8-17(15-20(21)28(3,4)5)25(31)23-24(22-13-7-16(2)35-22)30(27(33)26(23)32)19-11-9-18(29)10-12-19/h7-15,24,31H,6H2,1-5H3/b25-23-. The first-order valence-corrected chi connectivity index (χ1v) is 12.2. The number of amides is 1. The lowest BCUT2D eigenvalue weighted by Gasteiger charge is -2.25. The van der Waals surface area contributed by atoms with E-state index < -0.39 is 17.7 Å². The molecular formula is C28H28BrNO5. The van der Waals surface area contributed by atoms with E-state index in [1.165, 1.54) is 4.90 Å². The fraction of sp³-hybridized carbons (Fsp3) is 0.286. The van der Waals surface area contributed by atoms with Crippen molar-refractivity contribution >= 4 is 39.1 Å². The molecule has 7 heteroatoms. The topological polar surface area (TPSA) is 80.0 Å². The molecule has 1 N–H and O–H groups in total.